The van der Waals surface area contributed by atoms with Crippen molar-refractivity contribution < 1.29 is 0 Å². The molecule has 0 amide bonds. The molecule has 158 valence electrons. The van der Waals surface area contributed by atoms with E-state index in [1.165, 1.54) is 64.2 Å². The third-order valence-electron chi connectivity index (χ3n) is 6.79. The standard InChI is InChI=1S/C21H36N6.HI/c1-2-22-21(24-18-12-11-16-8-5-6-9-17(16)14-18)23-15-20-26-25-19-10-4-3-7-13-27(19)20;/h16-18H,2-15H2,1H3,(H2,22,23,24);1H. The maximum absolute atomic E-state index is 4.86. The predicted molar refractivity (Wildman–Crippen MR) is 124 cm³/mol. The van der Waals surface area contributed by atoms with E-state index in [1.807, 2.05) is 0 Å². The fourth-order valence-electron chi connectivity index (χ4n) is 5.33. The Balaban J connectivity index is 0.00000225. The van der Waals surface area contributed by atoms with Gasteiger partial charge in [-0.3, -0.25) is 0 Å². The van der Waals surface area contributed by atoms with Crippen LogP contribution >= 0.6 is 24.0 Å². The number of aromatic nitrogens is 3. The first kappa shape index (κ1) is 21.8. The van der Waals surface area contributed by atoms with E-state index in [0.717, 1.165) is 49.0 Å². The van der Waals surface area contributed by atoms with Crippen LogP contribution in [-0.4, -0.2) is 33.3 Å². The summed E-state index contributed by atoms with van der Waals surface area (Å²) in [6.45, 7) is 4.69. The second-order valence-corrected chi connectivity index (χ2v) is 8.65. The van der Waals surface area contributed by atoms with Crippen molar-refractivity contribution in [1.82, 2.24) is 25.4 Å². The molecule has 3 unspecified atom stereocenters. The van der Waals surface area contributed by atoms with Gasteiger partial charge >= 0.3 is 0 Å². The van der Waals surface area contributed by atoms with Gasteiger partial charge in [0, 0.05) is 25.6 Å². The van der Waals surface area contributed by atoms with Crippen LogP contribution in [0.5, 0.6) is 0 Å². The van der Waals surface area contributed by atoms with Crippen LogP contribution in [0, 0.1) is 11.8 Å². The smallest absolute Gasteiger partial charge is 0.191 e. The molecule has 3 atom stereocenters. The highest BCUT2D eigenvalue weighted by Crippen LogP contribution is 2.40. The van der Waals surface area contributed by atoms with Crippen molar-refractivity contribution in [2.45, 2.75) is 96.7 Å². The second-order valence-electron chi connectivity index (χ2n) is 8.65. The number of guanidine groups is 1. The van der Waals surface area contributed by atoms with E-state index in [2.05, 4.69) is 32.3 Å². The number of hydrogen-bond donors (Lipinski definition) is 2. The van der Waals surface area contributed by atoms with Crippen molar-refractivity contribution >= 4 is 29.9 Å². The fourth-order valence-corrected chi connectivity index (χ4v) is 5.33. The highest BCUT2D eigenvalue weighted by molar-refractivity contribution is 14.0. The van der Waals surface area contributed by atoms with Crippen LogP contribution in [0.15, 0.2) is 4.99 Å². The Morgan fingerprint density at radius 2 is 1.89 bits per heavy atom. The number of rotatable bonds is 4. The first-order chi connectivity index (χ1) is 13.3. The largest absolute Gasteiger partial charge is 0.357 e. The van der Waals surface area contributed by atoms with Crippen molar-refractivity contribution in [2.24, 2.45) is 16.8 Å². The topological polar surface area (TPSA) is 67.1 Å². The van der Waals surface area contributed by atoms with E-state index in [9.17, 15) is 0 Å². The molecule has 0 saturated heterocycles. The van der Waals surface area contributed by atoms with Crippen LogP contribution in [-0.2, 0) is 19.5 Å². The van der Waals surface area contributed by atoms with Crippen molar-refractivity contribution in [2.75, 3.05) is 6.54 Å². The number of nitrogens with one attached hydrogen (secondary N) is 2. The molecule has 0 spiro atoms. The van der Waals surface area contributed by atoms with Gasteiger partial charge in [-0.1, -0.05) is 32.1 Å². The van der Waals surface area contributed by atoms with E-state index in [1.54, 1.807) is 0 Å². The van der Waals surface area contributed by atoms with Crippen molar-refractivity contribution in [3.05, 3.63) is 11.6 Å². The Morgan fingerprint density at radius 1 is 1.04 bits per heavy atom. The Bertz CT molecular complexity index is 643. The fraction of sp³-hybridized carbons (Fsp3) is 0.857. The summed E-state index contributed by atoms with van der Waals surface area (Å²) >= 11 is 0. The Morgan fingerprint density at radius 3 is 2.75 bits per heavy atom. The molecule has 0 bridgehead atoms. The van der Waals surface area contributed by atoms with E-state index in [4.69, 9.17) is 4.99 Å². The number of aryl methyl sites for hydroxylation is 1. The van der Waals surface area contributed by atoms with E-state index >= 15 is 0 Å². The molecule has 4 rings (SSSR count). The van der Waals surface area contributed by atoms with Gasteiger partial charge in [-0.2, -0.15) is 0 Å². The van der Waals surface area contributed by atoms with E-state index in [-0.39, 0.29) is 24.0 Å². The molecule has 0 radical (unpaired) electrons. The molecule has 6 nitrogen and oxygen atoms in total. The Labute approximate surface area is 186 Å². The SMILES string of the molecule is CCNC(=NCc1nnc2n1CCCCC2)NC1CCC2CCCCC2C1.I. The Hall–Kier alpha value is -0.860. The summed E-state index contributed by atoms with van der Waals surface area (Å²) < 4.78 is 2.30. The minimum atomic E-state index is 0. The zero-order valence-electron chi connectivity index (χ0n) is 17.3. The first-order valence-electron chi connectivity index (χ1n) is 11.3. The van der Waals surface area contributed by atoms with Crippen LogP contribution in [0.2, 0.25) is 0 Å². The molecular formula is C21H37IN6. The number of nitrogens with zero attached hydrogens (tertiary/aromatic N) is 4. The van der Waals surface area contributed by atoms with Crippen LogP contribution in [0.1, 0.15) is 82.8 Å². The van der Waals surface area contributed by atoms with Gasteiger partial charge in [0.15, 0.2) is 11.8 Å². The van der Waals surface area contributed by atoms with Crippen molar-refractivity contribution in [3.8, 4) is 0 Å². The minimum Gasteiger partial charge on any atom is -0.357 e. The third kappa shape index (κ3) is 5.39. The summed E-state index contributed by atoms with van der Waals surface area (Å²) in [7, 11) is 0. The van der Waals surface area contributed by atoms with Gasteiger partial charge in [0.25, 0.3) is 0 Å². The lowest BCUT2D eigenvalue weighted by Crippen LogP contribution is -2.47. The third-order valence-corrected chi connectivity index (χ3v) is 6.79. The second kappa shape index (κ2) is 10.8. The molecule has 1 aliphatic heterocycles. The number of aliphatic imine (C=N–C) groups is 1. The summed E-state index contributed by atoms with van der Waals surface area (Å²) in [5.41, 5.74) is 0. The maximum Gasteiger partial charge on any atom is 0.191 e. The predicted octanol–water partition coefficient (Wildman–Crippen LogP) is 4.04. The van der Waals surface area contributed by atoms with Gasteiger partial charge in [-0.15, -0.1) is 34.2 Å². The molecule has 28 heavy (non-hydrogen) atoms. The molecule has 2 saturated carbocycles. The molecule has 1 aromatic rings. The first-order valence-corrected chi connectivity index (χ1v) is 11.3. The van der Waals surface area contributed by atoms with Crippen LogP contribution < -0.4 is 10.6 Å². The summed E-state index contributed by atoms with van der Waals surface area (Å²) in [4.78, 5) is 4.86. The van der Waals surface area contributed by atoms with Crippen LogP contribution in [0.4, 0.5) is 0 Å². The summed E-state index contributed by atoms with van der Waals surface area (Å²) in [5.74, 6) is 5.03. The Kier molecular flexibility index (Phi) is 8.41. The monoisotopic (exact) mass is 500 g/mol. The quantitative estimate of drug-likeness (QED) is 0.372. The van der Waals surface area contributed by atoms with Gasteiger partial charge in [0.2, 0.25) is 0 Å². The van der Waals surface area contributed by atoms with Crippen molar-refractivity contribution in [3.63, 3.8) is 0 Å². The number of hydrogen-bond acceptors (Lipinski definition) is 3. The zero-order valence-corrected chi connectivity index (χ0v) is 19.7. The average Bonchev–Trinajstić information content (AvgIpc) is 2.92. The minimum absolute atomic E-state index is 0. The van der Waals surface area contributed by atoms with Crippen LogP contribution in [0.3, 0.4) is 0 Å². The van der Waals surface area contributed by atoms with Gasteiger partial charge in [-0.25, -0.2) is 4.99 Å². The number of fused-ring (bicyclic) bond motifs is 2. The molecule has 7 heteroatoms. The molecule has 2 aliphatic carbocycles. The molecule has 2 N–H and O–H groups in total. The van der Waals surface area contributed by atoms with Gasteiger partial charge in [-0.05, 0) is 50.9 Å². The molecule has 2 fully saturated rings. The van der Waals surface area contributed by atoms with Gasteiger partial charge < -0.3 is 15.2 Å². The normalized spacial score (nSPS) is 27.8. The highest BCUT2D eigenvalue weighted by Gasteiger charge is 2.32. The molecule has 0 aromatic carbocycles. The van der Waals surface area contributed by atoms with Crippen molar-refractivity contribution in [1.29, 1.82) is 0 Å². The average molecular weight is 500 g/mol. The lowest BCUT2D eigenvalue weighted by Gasteiger charge is -2.39. The van der Waals surface area contributed by atoms with E-state index in [0.29, 0.717) is 12.6 Å². The van der Waals surface area contributed by atoms with Crippen LogP contribution in [0.25, 0.3) is 0 Å². The lowest BCUT2D eigenvalue weighted by molar-refractivity contribution is 0.150. The highest BCUT2D eigenvalue weighted by atomic mass is 127. The molecule has 2 heterocycles. The molecular weight excluding hydrogens is 463 g/mol. The summed E-state index contributed by atoms with van der Waals surface area (Å²) in [6.07, 6.45) is 14.6. The van der Waals surface area contributed by atoms with E-state index < -0.39 is 0 Å². The lowest BCUT2D eigenvalue weighted by atomic mass is 9.69. The zero-order chi connectivity index (χ0) is 18.5. The summed E-state index contributed by atoms with van der Waals surface area (Å²) in [6, 6.07) is 0.567. The number of halogens is 1. The maximum atomic E-state index is 4.86. The molecule has 3 aliphatic rings. The van der Waals surface area contributed by atoms with Gasteiger partial charge in [0.1, 0.15) is 12.4 Å². The molecule has 1 aromatic heterocycles. The van der Waals surface area contributed by atoms with Gasteiger partial charge in [0.05, 0.1) is 0 Å². The summed E-state index contributed by atoms with van der Waals surface area (Å²) in [5, 5.41) is 16.0.